The first-order chi connectivity index (χ1) is 10.0. The molecule has 0 saturated heterocycles. The van der Waals surface area contributed by atoms with E-state index in [2.05, 4.69) is 66.0 Å². The zero-order valence-corrected chi connectivity index (χ0v) is 16.4. The molecule has 2 rings (SSSR count). The van der Waals surface area contributed by atoms with Crippen molar-refractivity contribution in [1.29, 1.82) is 0 Å². The summed E-state index contributed by atoms with van der Waals surface area (Å²) >= 11 is 10.9. The van der Waals surface area contributed by atoms with Crippen LogP contribution >= 0.6 is 47.8 Å². The average Bonchev–Trinajstić information content (AvgIpc) is 2.47. The second-order valence-corrected chi connectivity index (χ2v) is 7.34. The van der Waals surface area contributed by atoms with Gasteiger partial charge < -0.3 is 0 Å². The largest absolute Gasteiger partial charge is 0.207 e. The number of halogens is 4. The summed E-state index contributed by atoms with van der Waals surface area (Å²) in [6.07, 6.45) is 0.853. The summed E-state index contributed by atoms with van der Waals surface area (Å²) in [5.74, 6) is -0.179. The molecule has 0 nitrogen and oxygen atoms in total. The Hall–Kier alpha value is -0.190. The average molecular weight is 479 g/mol. The zero-order chi connectivity index (χ0) is 15.5. The van der Waals surface area contributed by atoms with E-state index in [-0.39, 0.29) is 11.2 Å². The Morgan fingerprint density at radius 1 is 1.05 bits per heavy atom. The van der Waals surface area contributed by atoms with Crippen LogP contribution in [0.25, 0.3) is 0 Å². The topological polar surface area (TPSA) is 0 Å². The number of benzene rings is 2. The predicted octanol–water partition coefficient (Wildman–Crippen LogP) is 6.17. The van der Waals surface area contributed by atoms with E-state index >= 15 is 0 Å². The fourth-order valence-corrected chi connectivity index (χ4v) is 4.80. The molecule has 0 saturated carbocycles. The van der Waals surface area contributed by atoms with E-state index in [1.54, 1.807) is 6.07 Å². The van der Waals surface area contributed by atoms with E-state index in [0.717, 1.165) is 27.1 Å². The summed E-state index contributed by atoms with van der Waals surface area (Å²) in [5, 5.41) is 1.66. The molecule has 0 radical (unpaired) electrons. The second-order valence-electron chi connectivity index (χ2n) is 5.31. The van der Waals surface area contributed by atoms with Crippen molar-refractivity contribution >= 4 is 47.8 Å². The Morgan fingerprint density at radius 3 is 2.33 bits per heavy atom. The number of aryl methyl sites for hydroxylation is 1. The van der Waals surface area contributed by atoms with Crippen LogP contribution in [0.2, 0.25) is 0 Å². The third-order valence-corrected chi connectivity index (χ3v) is 6.42. The molecule has 0 bridgehead atoms. The van der Waals surface area contributed by atoms with Crippen LogP contribution in [-0.2, 0) is 11.8 Å². The van der Waals surface area contributed by atoms with Gasteiger partial charge in [0.2, 0.25) is 0 Å². The van der Waals surface area contributed by atoms with Gasteiger partial charge in [-0.25, -0.2) is 4.39 Å². The van der Waals surface area contributed by atoms with Gasteiger partial charge in [-0.1, -0.05) is 66.0 Å². The van der Waals surface area contributed by atoms with Gasteiger partial charge in [-0.3, -0.25) is 0 Å². The monoisotopic (exact) mass is 476 g/mol. The molecule has 0 aliphatic carbocycles. The highest BCUT2D eigenvalue weighted by atomic mass is 79.9. The molecule has 0 aliphatic heterocycles. The van der Waals surface area contributed by atoms with E-state index in [9.17, 15) is 4.39 Å². The van der Waals surface area contributed by atoms with Gasteiger partial charge in [0.15, 0.2) is 0 Å². The Bertz CT molecular complexity index is 621. The van der Waals surface area contributed by atoms with Crippen LogP contribution in [0, 0.1) is 12.7 Å². The van der Waals surface area contributed by atoms with Crippen LogP contribution in [-0.4, -0.2) is 10.7 Å². The molecule has 0 aromatic heterocycles. The van der Waals surface area contributed by atoms with Crippen LogP contribution in [0.5, 0.6) is 0 Å². The van der Waals surface area contributed by atoms with Crippen molar-refractivity contribution in [1.82, 2.24) is 0 Å². The Morgan fingerprint density at radius 2 is 1.76 bits per heavy atom. The van der Waals surface area contributed by atoms with Crippen molar-refractivity contribution in [2.75, 3.05) is 10.7 Å². The normalized spacial score (nSPS) is 11.7. The van der Waals surface area contributed by atoms with Crippen molar-refractivity contribution in [3.63, 3.8) is 0 Å². The summed E-state index contributed by atoms with van der Waals surface area (Å²) in [4.78, 5) is 0. The highest BCUT2D eigenvalue weighted by molar-refractivity contribution is 9.10. The molecule has 2 aromatic rings. The van der Waals surface area contributed by atoms with Crippen LogP contribution in [0.3, 0.4) is 0 Å². The molecule has 4 heteroatoms. The van der Waals surface area contributed by atoms with Gasteiger partial charge in [0.1, 0.15) is 5.82 Å². The first kappa shape index (κ1) is 17.2. The summed E-state index contributed by atoms with van der Waals surface area (Å²) in [7, 11) is 0. The highest BCUT2D eigenvalue weighted by Gasteiger charge is 2.31. The molecule has 0 fully saturated rings. The van der Waals surface area contributed by atoms with Crippen molar-refractivity contribution in [3.8, 4) is 0 Å². The van der Waals surface area contributed by atoms with Crippen LogP contribution < -0.4 is 0 Å². The first-order valence-corrected chi connectivity index (χ1v) is 9.67. The molecule has 0 aliphatic rings. The lowest BCUT2D eigenvalue weighted by Gasteiger charge is -2.31. The number of hydrogen-bond donors (Lipinski definition) is 0. The second kappa shape index (κ2) is 7.38. The maximum atomic E-state index is 13.3. The molecule has 2 aromatic carbocycles. The minimum absolute atomic E-state index is 0.0631. The Labute approximate surface area is 150 Å². The van der Waals surface area contributed by atoms with Gasteiger partial charge in [-0.15, -0.1) is 0 Å². The third kappa shape index (κ3) is 3.96. The van der Waals surface area contributed by atoms with E-state index < -0.39 is 0 Å². The maximum Gasteiger partial charge on any atom is 0.123 e. The minimum atomic E-state index is -0.179. The van der Waals surface area contributed by atoms with Gasteiger partial charge in [0.05, 0.1) is 0 Å². The van der Waals surface area contributed by atoms with Crippen molar-refractivity contribution in [3.05, 3.63) is 69.4 Å². The van der Waals surface area contributed by atoms with Gasteiger partial charge in [-0.05, 0) is 54.3 Å². The van der Waals surface area contributed by atoms with Crippen LogP contribution in [0.4, 0.5) is 4.39 Å². The van der Waals surface area contributed by atoms with Crippen molar-refractivity contribution in [2.24, 2.45) is 0 Å². The molecule has 0 atom stereocenters. The lowest BCUT2D eigenvalue weighted by Crippen LogP contribution is -2.33. The summed E-state index contributed by atoms with van der Waals surface area (Å²) in [6, 6.07) is 13.4. The smallest absolute Gasteiger partial charge is 0.123 e. The first-order valence-electron chi connectivity index (χ1n) is 6.64. The molecule has 0 N–H and O–H groups in total. The number of hydrogen-bond acceptors (Lipinski definition) is 0. The molecule has 21 heavy (non-hydrogen) atoms. The minimum Gasteiger partial charge on any atom is -0.207 e. The van der Waals surface area contributed by atoms with E-state index in [1.807, 2.05) is 19.1 Å². The Balaban J connectivity index is 2.43. The molecular weight excluding hydrogens is 463 g/mol. The lowest BCUT2D eigenvalue weighted by atomic mass is 9.78. The molecular formula is C17H16Br3F. The highest BCUT2D eigenvalue weighted by Crippen LogP contribution is 2.35. The number of rotatable bonds is 5. The summed E-state index contributed by atoms with van der Waals surface area (Å²) in [6.45, 7) is 1.96. The lowest BCUT2D eigenvalue weighted by molar-refractivity contribution is 0.547. The summed E-state index contributed by atoms with van der Waals surface area (Å²) in [5.41, 5.74) is 3.37. The molecule has 0 unspecified atom stereocenters. The van der Waals surface area contributed by atoms with Crippen LogP contribution in [0.15, 0.2) is 46.9 Å². The molecule has 0 spiro atoms. The van der Waals surface area contributed by atoms with Crippen LogP contribution in [0.1, 0.15) is 16.7 Å². The van der Waals surface area contributed by atoms with Gasteiger partial charge >= 0.3 is 0 Å². The fraction of sp³-hybridized carbons (Fsp3) is 0.294. The van der Waals surface area contributed by atoms with Crippen molar-refractivity contribution in [2.45, 2.75) is 18.8 Å². The molecule has 0 heterocycles. The maximum absolute atomic E-state index is 13.3. The third-order valence-electron chi connectivity index (χ3n) is 3.78. The molecule has 112 valence electrons. The summed E-state index contributed by atoms with van der Waals surface area (Å²) < 4.78 is 14.4. The van der Waals surface area contributed by atoms with E-state index in [1.165, 1.54) is 17.2 Å². The van der Waals surface area contributed by atoms with E-state index in [4.69, 9.17) is 0 Å². The van der Waals surface area contributed by atoms with Gasteiger partial charge in [0, 0.05) is 20.5 Å². The quantitative estimate of drug-likeness (QED) is 0.451. The van der Waals surface area contributed by atoms with Gasteiger partial charge in [-0.2, -0.15) is 0 Å². The standard InChI is InChI=1S/C17H16Br3F/c1-12-7-16(21)6-5-13(12)9-17(10-18,11-19)14-3-2-4-15(20)8-14/h2-8H,9-11H2,1H3. The van der Waals surface area contributed by atoms with Gasteiger partial charge in [0.25, 0.3) is 0 Å². The van der Waals surface area contributed by atoms with Crippen molar-refractivity contribution < 1.29 is 4.39 Å². The number of alkyl halides is 2. The van der Waals surface area contributed by atoms with E-state index in [0.29, 0.717) is 0 Å². The zero-order valence-electron chi connectivity index (χ0n) is 11.7. The fourth-order valence-electron chi connectivity index (χ4n) is 2.43. The predicted molar refractivity (Wildman–Crippen MR) is 98.2 cm³/mol. The molecule has 0 amide bonds. The Kier molecular flexibility index (Phi) is 6.04. The SMILES string of the molecule is Cc1cc(F)ccc1CC(CBr)(CBr)c1cccc(Br)c1.